The number of nitrogens with zero attached hydrogens (tertiary/aromatic N) is 2. The van der Waals surface area contributed by atoms with Crippen LogP contribution >= 0.6 is 11.3 Å². The van der Waals surface area contributed by atoms with Crippen LogP contribution in [0.4, 0.5) is 5.69 Å². The molecule has 0 unspecified atom stereocenters. The van der Waals surface area contributed by atoms with Crippen LogP contribution in [-0.4, -0.2) is 13.4 Å². The summed E-state index contributed by atoms with van der Waals surface area (Å²) in [5.41, 5.74) is 5.90. The molecular formula is C22H20N2O2S2. The zero-order valence-corrected chi connectivity index (χ0v) is 17.3. The quantitative estimate of drug-likeness (QED) is 0.467. The maximum atomic E-state index is 11.9. The lowest BCUT2D eigenvalue weighted by Crippen LogP contribution is -2.20. The Labute approximate surface area is 170 Å². The summed E-state index contributed by atoms with van der Waals surface area (Å²) in [6.45, 7) is 4.38. The van der Waals surface area contributed by atoms with Crippen molar-refractivity contribution in [3.63, 3.8) is 0 Å². The first kappa shape index (κ1) is 18.7. The highest BCUT2D eigenvalue weighted by molar-refractivity contribution is 7.74. The maximum Gasteiger partial charge on any atom is 0.225 e. The van der Waals surface area contributed by atoms with E-state index in [9.17, 15) is 8.42 Å². The van der Waals surface area contributed by atoms with Crippen molar-refractivity contribution < 1.29 is 8.42 Å². The molecule has 0 spiro atoms. The molecule has 28 heavy (non-hydrogen) atoms. The molecule has 0 aliphatic heterocycles. The molecule has 0 fully saturated rings. The Bertz CT molecular complexity index is 1200. The minimum absolute atomic E-state index is 0.325. The van der Waals surface area contributed by atoms with E-state index in [0.717, 1.165) is 31.9 Å². The molecule has 0 radical (unpaired) electrons. The Hall–Kier alpha value is -2.70. The molecule has 6 heteroatoms. The van der Waals surface area contributed by atoms with Crippen LogP contribution in [0.15, 0.2) is 66.7 Å². The Morgan fingerprint density at radius 3 is 2.43 bits per heavy atom. The fraction of sp³-hybridized carbons (Fsp3) is 0.136. The molecule has 0 aliphatic carbocycles. The van der Waals surface area contributed by atoms with E-state index in [1.807, 2.05) is 61.5 Å². The van der Waals surface area contributed by atoms with E-state index in [1.165, 1.54) is 9.87 Å². The number of aromatic nitrogens is 1. The molecule has 4 nitrogen and oxygen atoms in total. The number of anilines is 1. The average molecular weight is 409 g/mol. The monoisotopic (exact) mass is 408 g/mol. The zero-order chi connectivity index (χ0) is 19.7. The molecule has 0 saturated carbocycles. The SMILES string of the molecule is Cc1ccc2nc(-c3ccc(N(Cc4ccccc4C)[SH](=O)=O)cc3)sc2c1. The molecule has 0 N–H and O–H groups in total. The van der Waals surface area contributed by atoms with Crippen molar-refractivity contribution in [2.45, 2.75) is 20.4 Å². The lowest BCUT2D eigenvalue weighted by Gasteiger charge is -2.19. The van der Waals surface area contributed by atoms with Gasteiger partial charge >= 0.3 is 0 Å². The predicted octanol–water partition coefficient (Wildman–Crippen LogP) is 5.11. The summed E-state index contributed by atoms with van der Waals surface area (Å²) in [4.78, 5) is 4.70. The van der Waals surface area contributed by atoms with E-state index < -0.39 is 10.9 Å². The molecule has 142 valence electrons. The number of rotatable bonds is 5. The van der Waals surface area contributed by atoms with E-state index in [-0.39, 0.29) is 0 Å². The number of hydrogen-bond acceptors (Lipinski definition) is 4. The Morgan fingerprint density at radius 1 is 0.964 bits per heavy atom. The van der Waals surface area contributed by atoms with E-state index in [1.54, 1.807) is 11.3 Å². The van der Waals surface area contributed by atoms with Crippen molar-refractivity contribution in [2.75, 3.05) is 4.31 Å². The Morgan fingerprint density at radius 2 is 1.71 bits per heavy atom. The van der Waals surface area contributed by atoms with Gasteiger partial charge in [0.2, 0.25) is 10.9 Å². The van der Waals surface area contributed by atoms with Crippen LogP contribution < -0.4 is 4.31 Å². The van der Waals surface area contributed by atoms with Gasteiger partial charge in [-0.25, -0.2) is 13.4 Å². The van der Waals surface area contributed by atoms with E-state index in [0.29, 0.717) is 12.2 Å². The number of thiazole rings is 1. The molecule has 1 heterocycles. The second-order valence-corrected chi connectivity index (χ2v) is 8.75. The van der Waals surface area contributed by atoms with Crippen molar-refractivity contribution >= 4 is 38.1 Å². The van der Waals surface area contributed by atoms with Crippen molar-refractivity contribution in [1.29, 1.82) is 0 Å². The van der Waals surface area contributed by atoms with Crippen LogP contribution in [0.5, 0.6) is 0 Å². The summed E-state index contributed by atoms with van der Waals surface area (Å²) >= 11 is 1.65. The van der Waals surface area contributed by atoms with Gasteiger partial charge in [-0.1, -0.05) is 30.3 Å². The molecule has 0 amide bonds. The number of benzene rings is 3. The van der Waals surface area contributed by atoms with Crippen LogP contribution in [0, 0.1) is 13.8 Å². The number of hydrogen-bond donors (Lipinski definition) is 1. The standard InChI is InChI=1S/C22H20N2O2S2/c1-15-7-12-20-21(13-15)27-22(23-20)17-8-10-19(11-9-17)24(28(25)26)14-18-6-4-3-5-16(18)2/h3-13,28H,14H2,1-2H3. The second kappa shape index (κ2) is 7.73. The van der Waals surface area contributed by atoms with Gasteiger partial charge in [-0.2, -0.15) is 0 Å². The van der Waals surface area contributed by atoms with E-state index in [2.05, 4.69) is 19.1 Å². The summed E-state index contributed by atoms with van der Waals surface area (Å²) < 4.78 is 26.3. The van der Waals surface area contributed by atoms with Gasteiger partial charge in [0.1, 0.15) is 5.01 Å². The molecule has 1 aromatic heterocycles. The van der Waals surface area contributed by atoms with Gasteiger partial charge in [-0.3, -0.25) is 4.31 Å². The minimum atomic E-state index is -2.74. The molecule has 4 rings (SSSR count). The smallest absolute Gasteiger partial charge is 0.225 e. The van der Waals surface area contributed by atoms with Crippen molar-refractivity contribution in [3.8, 4) is 10.6 Å². The van der Waals surface area contributed by atoms with Gasteiger partial charge < -0.3 is 0 Å². The average Bonchev–Trinajstić information content (AvgIpc) is 3.10. The topological polar surface area (TPSA) is 50.3 Å². The third kappa shape index (κ3) is 3.79. The lowest BCUT2D eigenvalue weighted by atomic mass is 10.1. The van der Waals surface area contributed by atoms with Gasteiger partial charge in [0.15, 0.2) is 0 Å². The highest BCUT2D eigenvalue weighted by atomic mass is 32.2. The van der Waals surface area contributed by atoms with Crippen LogP contribution in [0.1, 0.15) is 16.7 Å². The largest absolute Gasteiger partial charge is 0.268 e. The van der Waals surface area contributed by atoms with Crippen molar-refractivity contribution in [2.24, 2.45) is 0 Å². The maximum absolute atomic E-state index is 11.9. The fourth-order valence-electron chi connectivity index (χ4n) is 3.12. The number of thiol groups is 1. The van der Waals surface area contributed by atoms with E-state index in [4.69, 9.17) is 4.98 Å². The zero-order valence-electron chi connectivity index (χ0n) is 15.6. The molecule has 0 aliphatic rings. The van der Waals surface area contributed by atoms with E-state index >= 15 is 0 Å². The van der Waals surface area contributed by atoms with Crippen molar-refractivity contribution in [3.05, 3.63) is 83.4 Å². The van der Waals surface area contributed by atoms with Gasteiger partial charge in [0.25, 0.3) is 0 Å². The molecule has 0 bridgehead atoms. The second-order valence-electron chi connectivity index (χ2n) is 6.76. The molecule has 4 aromatic rings. The molecule has 0 saturated heterocycles. The third-order valence-electron chi connectivity index (χ3n) is 4.73. The summed E-state index contributed by atoms with van der Waals surface area (Å²) in [5.74, 6) is 0. The highest BCUT2D eigenvalue weighted by Crippen LogP contribution is 2.32. The number of aryl methyl sites for hydroxylation is 2. The summed E-state index contributed by atoms with van der Waals surface area (Å²) in [6, 6.07) is 21.6. The third-order valence-corrected chi connectivity index (χ3v) is 6.57. The van der Waals surface area contributed by atoms with Gasteiger partial charge in [0, 0.05) is 5.56 Å². The Balaban J connectivity index is 1.64. The Kier molecular flexibility index (Phi) is 5.15. The fourth-order valence-corrected chi connectivity index (χ4v) is 4.78. The van der Waals surface area contributed by atoms with Gasteiger partial charge in [-0.05, 0) is 66.9 Å². The van der Waals surface area contributed by atoms with Crippen LogP contribution in [0.2, 0.25) is 0 Å². The first-order chi connectivity index (χ1) is 13.5. The van der Waals surface area contributed by atoms with Crippen molar-refractivity contribution in [1.82, 2.24) is 4.98 Å². The lowest BCUT2D eigenvalue weighted by molar-refractivity contribution is 0.609. The highest BCUT2D eigenvalue weighted by Gasteiger charge is 2.12. The minimum Gasteiger partial charge on any atom is -0.268 e. The first-order valence-corrected chi connectivity index (χ1v) is 10.9. The normalized spacial score (nSPS) is 11.2. The molecular weight excluding hydrogens is 388 g/mol. The van der Waals surface area contributed by atoms with Crippen LogP contribution in [0.3, 0.4) is 0 Å². The predicted molar refractivity (Wildman–Crippen MR) is 117 cm³/mol. The first-order valence-electron chi connectivity index (χ1n) is 8.95. The van der Waals surface area contributed by atoms with Crippen LogP contribution in [0.25, 0.3) is 20.8 Å². The number of fused-ring (bicyclic) bond motifs is 1. The summed E-state index contributed by atoms with van der Waals surface area (Å²) in [5, 5.41) is 0.934. The van der Waals surface area contributed by atoms with Crippen LogP contribution in [-0.2, 0) is 17.4 Å². The molecule has 0 atom stereocenters. The summed E-state index contributed by atoms with van der Waals surface area (Å²) in [7, 11) is -2.74. The summed E-state index contributed by atoms with van der Waals surface area (Å²) in [6.07, 6.45) is 0. The van der Waals surface area contributed by atoms with Gasteiger partial charge in [0.05, 0.1) is 22.4 Å². The van der Waals surface area contributed by atoms with Gasteiger partial charge in [-0.15, -0.1) is 11.3 Å². The molecule has 3 aromatic carbocycles.